The summed E-state index contributed by atoms with van der Waals surface area (Å²) in [6.07, 6.45) is 4.30. The number of carbonyl (C=O) groups is 1. The lowest BCUT2D eigenvalue weighted by molar-refractivity contribution is 0.0691. The van der Waals surface area contributed by atoms with Crippen molar-refractivity contribution in [1.82, 2.24) is 0 Å². The number of hydrogen-bond donors (Lipinski definition) is 2. The van der Waals surface area contributed by atoms with E-state index >= 15 is 0 Å². The van der Waals surface area contributed by atoms with E-state index < -0.39 is 27.4 Å². The quantitative estimate of drug-likeness (QED) is 0.695. The third-order valence-electron chi connectivity index (χ3n) is 5.30. The number of nitrogens with one attached hydrogen (secondary N) is 1. The SMILES string of the molecule is COc1cc(C(=O)O)c(F)cc1NS(=O)(=O)c1cccc(CC2CCC(C)C2)c1. The zero-order chi connectivity index (χ0) is 21.2. The molecule has 1 aliphatic rings. The van der Waals surface area contributed by atoms with Crippen LogP contribution in [0.25, 0.3) is 0 Å². The highest BCUT2D eigenvalue weighted by Crippen LogP contribution is 2.34. The maximum absolute atomic E-state index is 14.0. The average Bonchev–Trinajstić information content (AvgIpc) is 3.06. The van der Waals surface area contributed by atoms with Gasteiger partial charge >= 0.3 is 5.97 Å². The van der Waals surface area contributed by atoms with Crippen LogP contribution in [0.5, 0.6) is 5.75 Å². The van der Waals surface area contributed by atoms with Gasteiger partial charge in [-0.3, -0.25) is 4.72 Å². The summed E-state index contributed by atoms with van der Waals surface area (Å²) in [5.41, 5.74) is 0.175. The van der Waals surface area contributed by atoms with Gasteiger partial charge in [-0.15, -0.1) is 0 Å². The molecule has 3 rings (SSSR count). The number of methoxy groups -OCH3 is 1. The van der Waals surface area contributed by atoms with Gasteiger partial charge in [-0.1, -0.05) is 25.5 Å². The third kappa shape index (κ3) is 4.87. The summed E-state index contributed by atoms with van der Waals surface area (Å²) >= 11 is 0. The van der Waals surface area contributed by atoms with Gasteiger partial charge in [0.25, 0.3) is 10.0 Å². The van der Waals surface area contributed by atoms with Crippen LogP contribution in [-0.2, 0) is 16.4 Å². The van der Waals surface area contributed by atoms with Crippen LogP contribution in [-0.4, -0.2) is 26.6 Å². The second-order valence-electron chi connectivity index (χ2n) is 7.58. The van der Waals surface area contributed by atoms with Gasteiger partial charge in [-0.05, 0) is 54.9 Å². The third-order valence-corrected chi connectivity index (χ3v) is 6.66. The van der Waals surface area contributed by atoms with E-state index in [1.165, 1.54) is 19.6 Å². The van der Waals surface area contributed by atoms with E-state index in [1.807, 2.05) is 6.07 Å². The molecule has 0 heterocycles. The maximum atomic E-state index is 14.0. The van der Waals surface area contributed by atoms with E-state index in [9.17, 15) is 17.6 Å². The summed E-state index contributed by atoms with van der Waals surface area (Å²) in [5, 5.41) is 9.02. The number of carboxylic acids is 1. The summed E-state index contributed by atoms with van der Waals surface area (Å²) in [5.74, 6) is -1.36. The Labute approximate surface area is 169 Å². The van der Waals surface area contributed by atoms with Gasteiger partial charge in [-0.2, -0.15) is 0 Å². The normalized spacial score (nSPS) is 19.1. The zero-order valence-corrected chi connectivity index (χ0v) is 17.1. The van der Waals surface area contributed by atoms with Crippen LogP contribution in [0.4, 0.5) is 10.1 Å². The molecule has 1 fully saturated rings. The van der Waals surface area contributed by atoms with Crippen molar-refractivity contribution in [3.05, 3.63) is 53.3 Å². The summed E-state index contributed by atoms with van der Waals surface area (Å²) in [4.78, 5) is 11.1. The lowest BCUT2D eigenvalue weighted by Crippen LogP contribution is -2.15. The molecule has 2 aromatic rings. The predicted octanol–water partition coefficient (Wildman–Crippen LogP) is 4.31. The Morgan fingerprint density at radius 3 is 2.66 bits per heavy atom. The van der Waals surface area contributed by atoms with Crippen LogP contribution in [0.15, 0.2) is 41.3 Å². The number of ether oxygens (including phenoxy) is 1. The number of aromatic carboxylic acids is 1. The molecule has 2 unspecified atom stereocenters. The molecule has 0 aromatic heterocycles. The number of anilines is 1. The van der Waals surface area contributed by atoms with Crippen molar-refractivity contribution in [3.8, 4) is 5.75 Å². The predicted molar refractivity (Wildman–Crippen MR) is 107 cm³/mol. The number of halogens is 1. The van der Waals surface area contributed by atoms with Gasteiger partial charge in [0, 0.05) is 6.07 Å². The zero-order valence-electron chi connectivity index (χ0n) is 16.3. The standard InChI is InChI=1S/C21H24FNO5S/c1-13-6-7-15(8-13)9-14-4-3-5-16(10-14)29(26,27)23-19-12-18(22)17(21(24)25)11-20(19)28-2/h3-5,10-13,15,23H,6-9H2,1-2H3,(H,24,25). The van der Waals surface area contributed by atoms with E-state index in [-0.39, 0.29) is 16.3 Å². The summed E-state index contributed by atoms with van der Waals surface area (Å²) in [6.45, 7) is 2.23. The minimum atomic E-state index is -4.01. The van der Waals surface area contributed by atoms with Crippen molar-refractivity contribution in [2.75, 3.05) is 11.8 Å². The summed E-state index contributed by atoms with van der Waals surface area (Å²) < 4.78 is 47.1. The van der Waals surface area contributed by atoms with Crippen molar-refractivity contribution < 1.29 is 27.4 Å². The molecule has 0 saturated heterocycles. The molecule has 8 heteroatoms. The van der Waals surface area contributed by atoms with E-state index in [4.69, 9.17) is 9.84 Å². The Hall–Kier alpha value is -2.61. The Kier molecular flexibility index (Phi) is 6.12. The first-order valence-electron chi connectivity index (χ1n) is 9.42. The van der Waals surface area contributed by atoms with Gasteiger partial charge < -0.3 is 9.84 Å². The van der Waals surface area contributed by atoms with Crippen molar-refractivity contribution in [1.29, 1.82) is 0 Å². The largest absolute Gasteiger partial charge is 0.495 e. The Morgan fingerprint density at radius 1 is 1.28 bits per heavy atom. The molecule has 2 N–H and O–H groups in total. The van der Waals surface area contributed by atoms with Crippen molar-refractivity contribution in [2.24, 2.45) is 11.8 Å². The monoisotopic (exact) mass is 421 g/mol. The van der Waals surface area contributed by atoms with Crippen LogP contribution in [0, 0.1) is 17.7 Å². The lowest BCUT2D eigenvalue weighted by atomic mass is 9.97. The van der Waals surface area contributed by atoms with E-state index in [0.29, 0.717) is 11.8 Å². The molecule has 0 amide bonds. The lowest BCUT2D eigenvalue weighted by Gasteiger charge is -2.14. The molecule has 2 aromatic carbocycles. The van der Waals surface area contributed by atoms with Crippen molar-refractivity contribution >= 4 is 21.7 Å². The number of sulfonamides is 1. The average molecular weight is 421 g/mol. The fraction of sp³-hybridized carbons (Fsp3) is 0.381. The van der Waals surface area contributed by atoms with Crippen molar-refractivity contribution in [3.63, 3.8) is 0 Å². The first-order valence-corrected chi connectivity index (χ1v) is 10.9. The number of hydrogen-bond acceptors (Lipinski definition) is 4. The highest BCUT2D eigenvalue weighted by Gasteiger charge is 2.23. The minimum absolute atomic E-state index is 0.0609. The molecule has 0 spiro atoms. The molecule has 1 aliphatic carbocycles. The van der Waals surface area contributed by atoms with Gasteiger partial charge in [0.1, 0.15) is 11.6 Å². The second-order valence-corrected chi connectivity index (χ2v) is 9.26. The molecule has 0 bridgehead atoms. The number of benzene rings is 2. The Morgan fingerprint density at radius 2 is 2.03 bits per heavy atom. The number of rotatable bonds is 7. The molecule has 2 atom stereocenters. The fourth-order valence-corrected chi connectivity index (χ4v) is 4.98. The van der Waals surface area contributed by atoms with Gasteiger partial charge in [-0.25, -0.2) is 17.6 Å². The highest BCUT2D eigenvalue weighted by molar-refractivity contribution is 7.92. The van der Waals surface area contributed by atoms with E-state index in [0.717, 1.165) is 37.0 Å². The molecule has 6 nitrogen and oxygen atoms in total. The van der Waals surface area contributed by atoms with Crippen LogP contribution in [0.1, 0.15) is 42.1 Å². The molecular formula is C21H24FNO5S. The Bertz CT molecular complexity index is 1020. The van der Waals surface area contributed by atoms with Gasteiger partial charge in [0.15, 0.2) is 0 Å². The topological polar surface area (TPSA) is 92.7 Å². The minimum Gasteiger partial charge on any atom is -0.495 e. The van der Waals surface area contributed by atoms with E-state index in [2.05, 4.69) is 11.6 Å². The van der Waals surface area contributed by atoms with Gasteiger partial charge in [0.2, 0.25) is 0 Å². The molecule has 0 aliphatic heterocycles. The van der Waals surface area contributed by atoms with Crippen LogP contribution < -0.4 is 9.46 Å². The first kappa shape index (κ1) is 21.1. The number of carboxylic acid groups (broad SMARTS) is 1. The summed E-state index contributed by atoms with van der Waals surface area (Å²) in [6, 6.07) is 8.45. The van der Waals surface area contributed by atoms with Crippen molar-refractivity contribution in [2.45, 2.75) is 37.5 Å². The maximum Gasteiger partial charge on any atom is 0.338 e. The molecular weight excluding hydrogens is 397 g/mol. The van der Waals surface area contributed by atoms with Gasteiger partial charge in [0.05, 0.1) is 23.3 Å². The van der Waals surface area contributed by atoms with Crippen LogP contribution in [0.2, 0.25) is 0 Å². The Balaban J connectivity index is 1.85. The second kappa shape index (κ2) is 8.41. The first-order chi connectivity index (χ1) is 13.7. The smallest absolute Gasteiger partial charge is 0.338 e. The molecule has 29 heavy (non-hydrogen) atoms. The molecule has 1 saturated carbocycles. The van der Waals surface area contributed by atoms with E-state index in [1.54, 1.807) is 12.1 Å². The molecule has 156 valence electrons. The van der Waals surface area contributed by atoms with Crippen LogP contribution >= 0.6 is 0 Å². The molecule has 0 radical (unpaired) electrons. The van der Waals surface area contributed by atoms with Crippen LogP contribution in [0.3, 0.4) is 0 Å². The highest BCUT2D eigenvalue weighted by atomic mass is 32.2. The fourth-order valence-electron chi connectivity index (χ4n) is 3.85. The summed E-state index contributed by atoms with van der Waals surface area (Å²) in [7, 11) is -2.76.